The van der Waals surface area contributed by atoms with E-state index in [2.05, 4.69) is 36.4 Å². The maximum Gasteiger partial charge on any atom is 0.272 e. The number of rotatable bonds is 2. The highest BCUT2D eigenvalue weighted by Crippen LogP contribution is 2.27. The highest BCUT2D eigenvalue weighted by atomic mass is 79.9. The maximum absolute atomic E-state index is 13.6. The lowest BCUT2D eigenvalue weighted by atomic mass is 10.2. The van der Waals surface area contributed by atoms with Crippen LogP contribution in [0.25, 0.3) is 10.9 Å². The Morgan fingerprint density at radius 3 is 2.95 bits per heavy atom. The molecule has 2 aromatic heterocycles. The van der Waals surface area contributed by atoms with Crippen LogP contribution in [0.2, 0.25) is 0 Å². The number of benzene rings is 1. The lowest BCUT2D eigenvalue weighted by Crippen LogP contribution is -2.11. The van der Waals surface area contributed by atoms with Gasteiger partial charge < -0.3 is 10.3 Å². The Bertz CT molecular complexity index is 712. The molecule has 3 aromatic rings. The maximum atomic E-state index is 13.6. The number of aromatic amines is 2. The molecule has 2 heterocycles. The molecule has 0 aliphatic carbocycles. The van der Waals surface area contributed by atoms with Gasteiger partial charge in [-0.1, -0.05) is 15.9 Å². The van der Waals surface area contributed by atoms with Crippen LogP contribution in [-0.4, -0.2) is 21.1 Å². The molecule has 3 N–H and O–H groups in total. The summed E-state index contributed by atoms with van der Waals surface area (Å²) in [6, 6.07) is 4.53. The molecule has 0 aliphatic heterocycles. The van der Waals surface area contributed by atoms with Gasteiger partial charge in [0.2, 0.25) is 0 Å². The number of carbonyl (C=O) groups excluding carboxylic acids is 1. The van der Waals surface area contributed by atoms with E-state index in [0.29, 0.717) is 16.6 Å². The molecule has 0 saturated heterocycles. The Balaban J connectivity index is 1.99. The zero-order valence-electron chi connectivity index (χ0n) is 9.50. The van der Waals surface area contributed by atoms with Crippen LogP contribution in [-0.2, 0) is 0 Å². The molecule has 3 rings (SSSR count). The van der Waals surface area contributed by atoms with E-state index in [4.69, 9.17) is 0 Å². The second kappa shape index (κ2) is 4.51. The number of halogens is 2. The summed E-state index contributed by atoms with van der Waals surface area (Å²) in [6.45, 7) is 0. The summed E-state index contributed by atoms with van der Waals surface area (Å²) < 4.78 is 14.3. The normalized spacial score (nSPS) is 10.8. The van der Waals surface area contributed by atoms with E-state index in [1.165, 1.54) is 12.3 Å². The predicted molar refractivity (Wildman–Crippen MR) is 72.5 cm³/mol. The topological polar surface area (TPSA) is 73.6 Å². The summed E-state index contributed by atoms with van der Waals surface area (Å²) in [7, 11) is 0. The zero-order chi connectivity index (χ0) is 13.4. The SMILES string of the molecule is O=C(Nc1cn[nH]c1)c1cc2c(Br)ccc(F)c2[nH]1. The van der Waals surface area contributed by atoms with Gasteiger partial charge in [-0.25, -0.2) is 4.39 Å². The zero-order valence-corrected chi connectivity index (χ0v) is 11.1. The van der Waals surface area contributed by atoms with Gasteiger partial charge in [0.05, 0.1) is 17.4 Å². The monoisotopic (exact) mass is 322 g/mol. The van der Waals surface area contributed by atoms with Crippen LogP contribution in [0.3, 0.4) is 0 Å². The van der Waals surface area contributed by atoms with Crippen molar-refractivity contribution < 1.29 is 9.18 Å². The van der Waals surface area contributed by atoms with Gasteiger partial charge in [-0.2, -0.15) is 5.10 Å². The molecular formula is C12H8BrFN4O. The third-order valence-corrected chi connectivity index (χ3v) is 3.38. The average molecular weight is 323 g/mol. The van der Waals surface area contributed by atoms with Gasteiger partial charge in [0.15, 0.2) is 0 Å². The number of aromatic nitrogens is 3. The molecule has 0 atom stereocenters. The summed E-state index contributed by atoms with van der Waals surface area (Å²) in [5.74, 6) is -0.760. The molecule has 5 nitrogen and oxygen atoms in total. The Kier molecular flexibility index (Phi) is 2.83. The quantitative estimate of drug-likeness (QED) is 0.678. The number of nitrogens with zero attached hydrogens (tertiary/aromatic N) is 1. The minimum absolute atomic E-state index is 0.280. The van der Waals surface area contributed by atoms with E-state index in [1.54, 1.807) is 18.3 Å². The number of carbonyl (C=O) groups is 1. The molecule has 19 heavy (non-hydrogen) atoms. The molecule has 0 bridgehead atoms. The number of amides is 1. The molecule has 96 valence electrons. The van der Waals surface area contributed by atoms with E-state index in [1.807, 2.05) is 0 Å². The number of fused-ring (bicyclic) bond motifs is 1. The second-order valence-corrected chi connectivity index (χ2v) is 4.80. The van der Waals surface area contributed by atoms with Crippen LogP contribution in [0, 0.1) is 5.82 Å². The van der Waals surface area contributed by atoms with Gasteiger partial charge >= 0.3 is 0 Å². The molecule has 1 amide bonds. The van der Waals surface area contributed by atoms with Gasteiger partial charge in [-0.15, -0.1) is 0 Å². The summed E-state index contributed by atoms with van der Waals surface area (Å²) in [6.07, 6.45) is 3.04. The summed E-state index contributed by atoms with van der Waals surface area (Å²) in [5, 5.41) is 9.57. The molecule has 0 unspecified atom stereocenters. The van der Waals surface area contributed by atoms with Crippen molar-refractivity contribution in [3.05, 3.63) is 46.6 Å². The van der Waals surface area contributed by atoms with Gasteiger partial charge in [0, 0.05) is 16.1 Å². The number of H-pyrrole nitrogens is 2. The van der Waals surface area contributed by atoms with Crippen molar-refractivity contribution in [2.45, 2.75) is 0 Å². The van der Waals surface area contributed by atoms with Crippen molar-refractivity contribution in [1.29, 1.82) is 0 Å². The Hall–Kier alpha value is -2.15. The number of hydrogen-bond donors (Lipinski definition) is 3. The Labute approximate surface area is 115 Å². The molecule has 0 spiro atoms. The van der Waals surface area contributed by atoms with E-state index in [9.17, 15) is 9.18 Å². The van der Waals surface area contributed by atoms with Crippen molar-refractivity contribution >= 4 is 38.4 Å². The molecule has 0 fully saturated rings. The second-order valence-electron chi connectivity index (χ2n) is 3.94. The first kappa shape index (κ1) is 11.9. The fourth-order valence-corrected chi connectivity index (χ4v) is 2.24. The van der Waals surface area contributed by atoms with Crippen LogP contribution >= 0.6 is 15.9 Å². The molecule has 0 saturated carbocycles. The first-order valence-corrected chi connectivity index (χ1v) is 6.21. The highest BCUT2D eigenvalue weighted by molar-refractivity contribution is 9.10. The van der Waals surface area contributed by atoms with Crippen molar-refractivity contribution in [3.63, 3.8) is 0 Å². The lowest BCUT2D eigenvalue weighted by Gasteiger charge is -1.98. The molecular weight excluding hydrogens is 315 g/mol. The Morgan fingerprint density at radius 1 is 1.42 bits per heavy atom. The van der Waals surface area contributed by atoms with Crippen LogP contribution in [0.1, 0.15) is 10.5 Å². The van der Waals surface area contributed by atoms with E-state index < -0.39 is 5.82 Å². The molecule has 0 aliphatic rings. The van der Waals surface area contributed by atoms with E-state index in [0.717, 1.165) is 4.47 Å². The van der Waals surface area contributed by atoms with Gasteiger partial charge in [-0.05, 0) is 18.2 Å². The third-order valence-electron chi connectivity index (χ3n) is 2.69. The molecule has 7 heteroatoms. The smallest absolute Gasteiger partial charge is 0.272 e. The minimum Gasteiger partial charge on any atom is -0.348 e. The minimum atomic E-state index is -0.402. The van der Waals surface area contributed by atoms with Gasteiger partial charge in [0.25, 0.3) is 5.91 Å². The van der Waals surface area contributed by atoms with E-state index in [-0.39, 0.29) is 11.6 Å². The van der Waals surface area contributed by atoms with Crippen LogP contribution in [0.15, 0.2) is 35.1 Å². The van der Waals surface area contributed by atoms with Crippen LogP contribution < -0.4 is 5.32 Å². The molecule has 0 radical (unpaired) electrons. The summed E-state index contributed by atoms with van der Waals surface area (Å²) in [5.41, 5.74) is 1.12. The van der Waals surface area contributed by atoms with Crippen molar-refractivity contribution in [3.8, 4) is 0 Å². The standard InChI is InChI=1S/C12H8BrFN4O/c13-8-1-2-9(14)11-7(8)3-10(18-11)12(19)17-6-4-15-16-5-6/h1-5,18H,(H,15,16)(H,17,19). The van der Waals surface area contributed by atoms with Crippen molar-refractivity contribution in [2.75, 3.05) is 5.32 Å². The van der Waals surface area contributed by atoms with Crippen molar-refractivity contribution in [1.82, 2.24) is 15.2 Å². The number of nitrogens with one attached hydrogen (secondary N) is 3. The third kappa shape index (κ3) is 2.12. The first-order valence-electron chi connectivity index (χ1n) is 5.42. The highest BCUT2D eigenvalue weighted by Gasteiger charge is 2.14. The van der Waals surface area contributed by atoms with Crippen LogP contribution in [0.4, 0.5) is 10.1 Å². The largest absolute Gasteiger partial charge is 0.348 e. The average Bonchev–Trinajstić information content (AvgIpc) is 3.02. The van der Waals surface area contributed by atoms with Gasteiger partial charge in [-0.3, -0.25) is 9.89 Å². The summed E-state index contributed by atoms with van der Waals surface area (Å²) in [4.78, 5) is 14.8. The fourth-order valence-electron chi connectivity index (χ4n) is 1.79. The van der Waals surface area contributed by atoms with Gasteiger partial charge in [0.1, 0.15) is 11.5 Å². The predicted octanol–water partition coefficient (Wildman–Crippen LogP) is 3.04. The lowest BCUT2D eigenvalue weighted by molar-refractivity contribution is 0.102. The van der Waals surface area contributed by atoms with Crippen molar-refractivity contribution in [2.24, 2.45) is 0 Å². The van der Waals surface area contributed by atoms with E-state index >= 15 is 0 Å². The number of anilines is 1. The fraction of sp³-hybridized carbons (Fsp3) is 0. The Morgan fingerprint density at radius 2 is 2.26 bits per heavy atom. The number of hydrogen-bond acceptors (Lipinski definition) is 2. The first-order chi connectivity index (χ1) is 9.15. The summed E-state index contributed by atoms with van der Waals surface area (Å²) >= 11 is 3.32. The van der Waals surface area contributed by atoms with Crippen LogP contribution in [0.5, 0.6) is 0 Å². The molecule has 1 aromatic carbocycles.